The quantitative estimate of drug-likeness (QED) is 0.478. The first-order chi connectivity index (χ1) is 5.66. The molecule has 72 valence electrons. The van der Waals surface area contributed by atoms with Gasteiger partial charge in [0.15, 0.2) is 0 Å². The zero-order chi connectivity index (χ0) is 9.40. The molecule has 0 saturated carbocycles. The second-order valence-corrected chi connectivity index (χ2v) is 3.15. The topological polar surface area (TPSA) is 57.5 Å². The molecule has 0 aliphatic heterocycles. The largest absolute Gasteiger partial charge is 0.481 e. The molecular formula is C8H15ClO3. The van der Waals surface area contributed by atoms with Gasteiger partial charge in [0.25, 0.3) is 0 Å². The smallest absolute Gasteiger partial charge is 0.303 e. The maximum absolute atomic E-state index is 10.1. The van der Waals surface area contributed by atoms with Crippen molar-refractivity contribution >= 4 is 17.6 Å². The van der Waals surface area contributed by atoms with E-state index in [0.717, 1.165) is 6.42 Å². The SMILES string of the molecule is O=C(O)CCCC[C@H](O)CCCl. The van der Waals surface area contributed by atoms with Crippen molar-refractivity contribution in [2.45, 2.75) is 38.2 Å². The highest BCUT2D eigenvalue weighted by molar-refractivity contribution is 6.17. The Bertz CT molecular complexity index is 127. The summed E-state index contributed by atoms with van der Waals surface area (Å²) in [6.07, 6.45) is 2.46. The van der Waals surface area contributed by atoms with Gasteiger partial charge >= 0.3 is 5.97 Å². The number of carboxylic acids is 1. The van der Waals surface area contributed by atoms with Crippen LogP contribution in [-0.4, -0.2) is 28.2 Å². The summed E-state index contributed by atoms with van der Waals surface area (Å²) in [5.41, 5.74) is 0. The van der Waals surface area contributed by atoms with Crippen molar-refractivity contribution in [2.24, 2.45) is 0 Å². The third kappa shape index (κ3) is 7.82. The fourth-order valence-electron chi connectivity index (χ4n) is 0.926. The van der Waals surface area contributed by atoms with Gasteiger partial charge in [0.1, 0.15) is 0 Å². The Balaban J connectivity index is 3.13. The first-order valence-corrected chi connectivity index (χ1v) is 4.66. The molecule has 12 heavy (non-hydrogen) atoms. The Morgan fingerprint density at radius 2 is 2.00 bits per heavy atom. The van der Waals surface area contributed by atoms with E-state index in [1.807, 2.05) is 0 Å². The van der Waals surface area contributed by atoms with E-state index >= 15 is 0 Å². The van der Waals surface area contributed by atoms with Crippen LogP contribution >= 0.6 is 11.6 Å². The van der Waals surface area contributed by atoms with Crippen LogP contribution in [0.5, 0.6) is 0 Å². The van der Waals surface area contributed by atoms with E-state index in [0.29, 0.717) is 25.1 Å². The molecule has 0 aromatic carbocycles. The summed E-state index contributed by atoms with van der Waals surface area (Å²) in [5, 5.41) is 17.5. The fraction of sp³-hybridized carbons (Fsp3) is 0.875. The number of carbonyl (C=O) groups is 1. The lowest BCUT2D eigenvalue weighted by atomic mass is 10.1. The molecule has 0 fully saturated rings. The van der Waals surface area contributed by atoms with Crippen LogP contribution in [0.15, 0.2) is 0 Å². The number of hydrogen-bond donors (Lipinski definition) is 2. The normalized spacial score (nSPS) is 12.8. The van der Waals surface area contributed by atoms with Crippen LogP contribution in [0.3, 0.4) is 0 Å². The van der Waals surface area contributed by atoms with Crippen LogP contribution < -0.4 is 0 Å². The van der Waals surface area contributed by atoms with Gasteiger partial charge in [-0.25, -0.2) is 0 Å². The zero-order valence-corrected chi connectivity index (χ0v) is 7.76. The van der Waals surface area contributed by atoms with Crippen molar-refractivity contribution in [3.8, 4) is 0 Å². The summed E-state index contributed by atoms with van der Waals surface area (Å²) in [5.74, 6) is -0.318. The summed E-state index contributed by atoms with van der Waals surface area (Å²) < 4.78 is 0. The maximum atomic E-state index is 10.1. The Kier molecular flexibility index (Phi) is 7.20. The molecule has 0 rings (SSSR count). The zero-order valence-electron chi connectivity index (χ0n) is 7.00. The summed E-state index contributed by atoms with van der Waals surface area (Å²) in [4.78, 5) is 10.1. The minimum absolute atomic E-state index is 0.188. The molecule has 2 N–H and O–H groups in total. The highest BCUT2D eigenvalue weighted by atomic mass is 35.5. The third-order valence-corrected chi connectivity index (χ3v) is 1.84. The van der Waals surface area contributed by atoms with Gasteiger partial charge < -0.3 is 10.2 Å². The minimum Gasteiger partial charge on any atom is -0.481 e. The highest BCUT2D eigenvalue weighted by Crippen LogP contribution is 2.06. The van der Waals surface area contributed by atoms with Crippen molar-refractivity contribution in [3.05, 3.63) is 0 Å². The van der Waals surface area contributed by atoms with Crippen molar-refractivity contribution in [3.63, 3.8) is 0 Å². The number of aliphatic hydroxyl groups is 1. The van der Waals surface area contributed by atoms with E-state index in [4.69, 9.17) is 16.7 Å². The van der Waals surface area contributed by atoms with E-state index in [9.17, 15) is 9.90 Å². The number of alkyl halides is 1. The van der Waals surface area contributed by atoms with Gasteiger partial charge in [0, 0.05) is 12.3 Å². The Morgan fingerprint density at radius 1 is 1.33 bits per heavy atom. The lowest BCUT2D eigenvalue weighted by Crippen LogP contribution is -2.07. The molecule has 0 amide bonds. The maximum Gasteiger partial charge on any atom is 0.303 e. The molecule has 0 aromatic heterocycles. The summed E-state index contributed by atoms with van der Waals surface area (Å²) >= 11 is 5.41. The average molecular weight is 195 g/mol. The van der Waals surface area contributed by atoms with Crippen LogP contribution in [0, 0.1) is 0 Å². The van der Waals surface area contributed by atoms with Crippen molar-refractivity contribution in [1.82, 2.24) is 0 Å². The van der Waals surface area contributed by atoms with Gasteiger partial charge in [-0.05, 0) is 19.3 Å². The van der Waals surface area contributed by atoms with E-state index in [2.05, 4.69) is 0 Å². The molecule has 3 nitrogen and oxygen atoms in total. The molecule has 0 aromatic rings. The molecule has 0 heterocycles. The second kappa shape index (κ2) is 7.37. The second-order valence-electron chi connectivity index (χ2n) is 2.77. The highest BCUT2D eigenvalue weighted by Gasteiger charge is 2.03. The molecule has 4 heteroatoms. The molecule has 0 saturated heterocycles. The first-order valence-electron chi connectivity index (χ1n) is 4.12. The molecule has 1 atom stereocenters. The summed E-state index contributed by atoms with van der Waals surface area (Å²) in [6.45, 7) is 0. The van der Waals surface area contributed by atoms with E-state index in [1.165, 1.54) is 0 Å². The number of aliphatic hydroxyl groups excluding tert-OH is 1. The number of rotatable bonds is 7. The molecular weight excluding hydrogens is 180 g/mol. The number of halogens is 1. The van der Waals surface area contributed by atoms with E-state index in [1.54, 1.807) is 0 Å². The number of carboxylic acid groups (broad SMARTS) is 1. The average Bonchev–Trinajstić information content (AvgIpc) is 1.98. The lowest BCUT2D eigenvalue weighted by molar-refractivity contribution is -0.137. The molecule has 0 bridgehead atoms. The van der Waals surface area contributed by atoms with Crippen LogP contribution in [0.2, 0.25) is 0 Å². The van der Waals surface area contributed by atoms with Gasteiger partial charge in [-0.15, -0.1) is 11.6 Å². The number of unbranched alkanes of at least 4 members (excludes halogenated alkanes) is 1. The fourth-order valence-corrected chi connectivity index (χ4v) is 1.18. The van der Waals surface area contributed by atoms with Crippen molar-refractivity contribution in [2.75, 3.05) is 5.88 Å². The van der Waals surface area contributed by atoms with E-state index in [-0.39, 0.29) is 12.5 Å². The summed E-state index contributed by atoms with van der Waals surface area (Å²) in [7, 11) is 0. The Hall–Kier alpha value is -0.280. The Morgan fingerprint density at radius 3 is 2.50 bits per heavy atom. The predicted molar refractivity (Wildman–Crippen MR) is 47.4 cm³/mol. The first kappa shape index (κ1) is 11.7. The van der Waals surface area contributed by atoms with Crippen LogP contribution in [-0.2, 0) is 4.79 Å². The lowest BCUT2D eigenvalue weighted by Gasteiger charge is -2.06. The predicted octanol–water partition coefficient (Wildman–Crippen LogP) is 1.62. The Labute approximate surface area is 77.3 Å². The van der Waals surface area contributed by atoms with Gasteiger partial charge in [-0.3, -0.25) is 4.79 Å². The molecule has 0 spiro atoms. The monoisotopic (exact) mass is 194 g/mol. The minimum atomic E-state index is -0.776. The summed E-state index contributed by atoms with van der Waals surface area (Å²) in [6, 6.07) is 0. The van der Waals surface area contributed by atoms with Gasteiger partial charge in [-0.1, -0.05) is 6.42 Å². The van der Waals surface area contributed by atoms with Crippen LogP contribution in [0.4, 0.5) is 0 Å². The van der Waals surface area contributed by atoms with Gasteiger partial charge in [0.2, 0.25) is 0 Å². The standard InChI is InChI=1S/C8H15ClO3/c9-6-5-7(10)3-1-2-4-8(11)12/h7,10H,1-6H2,(H,11,12)/t7-/m0/s1. The van der Waals surface area contributed by atoms with Gasteiger partial charge in [-0.2, -0.15) is 0 Å². The molecule has 0 radical (unpaired) electrons. The molecule has 0 aliphatic rings. The van der Waals surface area contributed by atoms with Crippen LogP contribution in [0.1, 0.15) is 32.1 Å². The number of aliphatic carboxylic acids is 1. The van der Waals surface area contributed by atoms with Crippen molar-refractivity contribution < 1.29 is 15.0 Å². The number of hydrogen-bond acceptors (Lipinski definition) is 2. The van der Waals surface area contributed by atoms with Crippen molar-refractivity contribution in [1.29, 1.82) is 0 Å². The molecule has 0 unspecified atom stereocenters. The third-order valence-electron chi connectivity index (χ3n) is 1.62. The van der Waals surface area contributed by atoms with Crippen LogP contribution in [0.25, 0.3) is 0 Å². The van der Waals surface area contributed by atoms with Gasteiger partial charge in [0.05, 0.1) is 6.10 Å². The van der Waals surface area contributed by atoms with E-state index < -0.39 is 5.97 Å². The molecule has 0 aliphatic carbocycles.